The average molecular weight is 544 g/mol. The number of carboxylic acid groups (broad SMARTS) is 1. The van der Waals surface area contributed by atoms with E-state index in [1.54, 1.807) is 18.2 Å². The van der Waals surface area contributed by atoms with Gasteiger partial charge in [0.25, 0.3) is 0 Å². The summed E-state index contributed by atoms with van der Waals surface area (Å²) in [6, 6.07) is 17.0. The van der Waals surface area contributed by atoms with Gasteiger partial charge in [-0.15, -0.1) is 11.3 Å². The quantitative estimate of drug-likeness (QED) is 0.320. The van der Waals surface area contributed by atoms with Crippen LogP contribution in [0.4, 0.5) is 0 Å². The van der Waals surface area contributed by atoms with Crippen LogP contribution in [0.1, 0.15) is 56.8 Å². The summed E-state index contributed by atoms with van der Waals surface area (Å²) in [5, 5.41) is 18.5. The highest BCUT2D eigenvalue weighted by molar-refractivity contribution is 7.12. The molecule has 0 spiro atoms. The van der Waals surface area contributed by atoms with Gasteiger partial charge >= 0.3 is 5.97 Å². The summed E-state index contributed by atoms with van der Waals surface area (Å²) < 4.78 is 13.7. The van der Waals surface area contributed by atoms with E-state index in [9.17, 15) is 9.90 Å². The third kappa shape index (κ3) is 5.66. The molecular weight excluding hydrogens is 514 g/mol. The van der Waals surface area contributed by atoms with Gasteiger partial charge in [0.05, 0.1) is 35.8 Å². The maximum atomic E-state index is 11.6. The van der Waals surface area contributed by atoms with Gasteiger partial charge in [-0.05, 0) is 68.8 Å². The number of nitrogens with zero attached hydrogens (tertiary/aromatic N) is 5. The van der Waals surface area contributed by atoms with E-state index in [1.165, 1.54) is 11.3 Å². The van der Waals surface area contributed by atoms with E-state index in [0.29, 0.717) is 36.4 Å². The Morgan fingerprint density at radius 3 is 2.72 bits per heavy atom. The Kier molecular flexibility index (Phi) is 7.28. The molecule has 2 saturated heterocycles. The lowest BCUT2D eigenvalue weighted by atomic mass is 9.93. The molecule has 2 aliphatic heterocycles. The zero-order valence-corrected chi connectivity index (χ0v) is 22.3. The van der Waals surface area contributed by atoms with Crippen molar-refractivity contribution in [3.05, 3.63) is 75.4 Å². The number of aromatic nitrogens is 3. The summed E-state index contributed by atoms with van der Waals surface area (Å²) in [6.07, 6.45) is 3.13. The lowest BCUT2D eigenvalue weighted by Gasteiger charge is -2.32. The second kappa shape index (κ2) is 11.1. The molecule has 1 atom stereocenters. The minimum Gasteiger partial charge on any atom is -0.478 e. The third-order valence-corrected chi connectivity index (χ3v) is 8.47. The molecule has 39 heavy (non-hydrogen) atoms. The van der Waals surface area contributed by atoms with Gasteiger partial charge < -0.3 is 19.1 Å². The zero-order chi connectivity index (χ0) is 26.8. The fraction of sp³-hybridized carbons (Fsp3) is 0.379. The van der Waals surface area contributed by atoms with Crippen molar-refractivity contribution < 1.29 is 19.4 Å². The van der Waals surface area contributed by atoms with Gasteiger partial charge in [0.15, 0.2) is 0 Å². The number of hydrogen-bond donors (Lipinski definition) is 1. The first-order valence-corrected chi connectivity index (χ1v) is 14.0. The number of pyridine rings is 1. The highest BCUT2D eigenvalue weighted by Gasteiger charge is 2.26. The summed E-state index contributed by atoms with van der Waals surface area (Å²) >= 11 is 1.44. The third-order valence-electron chi connectivity index (χ3n) is 7.50. The number of likely N-dealkylation sites (tertiary alicyclic amines) is 1. The van der Waals surface area contributed by atoms with Crippen molar-refractivity contribution >= 4 is 28.3 Å². The van der Waals surface area contributed by atoms with Crippen LogP contribution in [0.2, 0.25) is 0 Å². The molecule has 1 N–H and O–H groups in total. The van der Waals surface area contributed by atoms with Crippen LogP contribution in [0.3, 0.4) is 0 Å². The molecule has 2 aliphatic rings. The fourth-order valence-corrected chi connectivity index (χ4v) is 5.97. The fourth-order valence-electron chi connectivity index (χ4n) is 5.25. The van der Waals surface area contributed by atoms with Gasteiger partial charge in [-0.25, -0.2) is 14.8 Å². The smallest absolute Gasteiger partial charge is 0.335 e. The predicted octanol–water partition coefficient (Wildman–Crippen LogP) is 4.81. The lowest BCUT2D eigenvalue weighted by Crippen LogP contribution is -2.35. The van der Waals surface area contributed by atoms with Crippen LogP contribution in [0.5, 0.6) is 5.88 Å². The Labute approximate surface area is 230 Å². The zero-order valence-electron chi connectivity index (χ0n) is 21.5. The normalized spacial score (nSPS) is 18.1. The second-order valence-electron chi connectivity index (χ2n) is 10.0. The largest absolute Gasteiger partial charge is 0.478 e. The van der Waals surface area contributed by atoms with Crippen molar-refractivity contribution in [2.45, 2.75) is 51.0 Å². The number of imidazole rings is 1. The first-order valence-electron chi connectivity index (χ1n) is 13.2. The van der Waals surface area contributed by atoms with Crippen molar-refractivity contribution in [2.75, 3.05) is 19.7 Å². The van der Waals surface area contributed by atoms with Crippen LogP contribution >= 0.6 is 11.3 Å². The molecule has 0 unspecified atom stereocenters. The van der Waals surface area contributed by atoms with Crippen molar-refractivity contribution in [1.29, 1.82) is 5.26 Å². The highest BCUT2D eigenvalue weighted by atomic mass is 32.1. The average Bonchev–Trinajstić information content (AvgIpc) is 3.53. The van der Waals surface area contributed by atoms with Crippen LogP contribution in [0, 0.1) is 11.3 Å². The Hall–Kier alpha value is -3.78. The van der Waals surface area contributed by atoms with Crippen molar-refractivity contribution in [2.24, 2.45) is 0 Å². The molecule has 3 aromatic heterocycles. The first kappa shape index (κ1) is 25.5. The molecule has 10 heteroatoms. The molecule has 1 aromatic carbocycles. The summed E-state index contributed by atoms with van der Waals surface area (Å²) in [5.41, 5.74) is 2.98. The summed E-state index contributed by atoms with van der Waals surface area (Å²) in [6.45, 7) is 4.42. The Bertz CT molecular complexity index is 1530. The van der Waals surface area contributed by atoms with Crippen molar-refractivity contribution in [3.8, 4) is 11.9 Å². The van der Waals surface area contributed by atoms with Crippen molar-refractivity contribution in [3.63, 3.8) is 0 Å². The molecule has 9 nitrogen and oxygen atoms in total. The van der Waals surface area contributed by atoms with E-state index < -0.39 is 5.97 Å². The van der Waals surface area contributed by atoms with Crippen LogP contribution in [-0.2, 0) is 24.4 Å². The number of piperidine rings is 1. The van der Waals surface area contributed by atoms with Crippen LogP contribution in [-0.4, -0.2) is 56.3 Å². The molecule has 4 aromatic rings. The van der Waals surface area contributed by atoms with E-state index in [4.69, 9.17) is 24.7 Å². The van der Waals surface area contributed by atoms with E-state index in [0.717, 1.165) is 66.4 Å². The second-order valence-corrected chi connectivity index (χ2v) is 11.2. The Balaban J connectivity index is 1.11. The number of benzene rings is 1. The van der Waals surface area contributed by atoms with Gasteiger partial charge in [0.1, 0.15) is 23.4 Å². The summed E-state index contributed by atoms with van der Waals surface area (Å²) in [7, 11) is 0. The van der Waals surface area contributed by atoms with Gasteiger partial charge in [0.2, 0.25) is 5.88 Å². The van der Waals surface area contributed by atoms with E-state index in [1.807, 2.05) is 24.3 Å². The molecule has 0 amide bonds. The van der Waals surface area contributed by atoms with Crippen molar-refractivity contribution in [1.82, 2.24) is 19.4 Å². The maximum absolute atomic E-state index is 11.6. The molecular formula is C29H29N5O4S. The summed E-state index contributed by atoms with van der Waals surface area (Å²) in [4.78, 5) is 25.3. The lowest BCUT2D eigenvalue weighted by molar-refractivity contribution is -0.0592. The number of fused-ring (bicyclic) bond motifs is 1. The van der Waals surface area contributed by atoms with E-state index in [-0.39, 0.29) is 11.7 Å². The number of nitriles is 1. The van der Waals surface area contributed by atoms with Crippen LogP contribution in [0.25, 0.3) is 11.0 Å². The number of rotatable bonds is 9. The topological polar surface area (TPSA) is 114 Å². The van der Waals surface area contributed by atoms with Gasteiger partial charge in [0, 0.05) is 29.2 Å². The highest BCUT2D eigenvalue weighted by Crippen LogP contribution is 2.30. The van der Waals surface area contributed by atoms with E-state index in [2.05, 4.69) is 21.6 Å². The van der Waals surface area contributed by atoms with E-state index >= 15 is 0 Å². The monoisotopic (exact) mass is 543 g/mol. The number of carboxylic acids is 1. The van der Waals surface area contributed by atoms with Gasteiger partial charge in [-0.2, -0.15) is 5.26 Å². The van der Waals surface area contributed by atoms with Crippen LogP contribution in [0.15, 0.2) is 48.5 Å². The predicted molar refractivity (Wildman–Crippen MR) is 146 cm³/mol. The molecule has 0 saturated carbocycles. The number of thiophene rings is 1. The minimum absolute atomic E-state index is 0.147. The number of hydrogen-bond acceptors (Lipinski definition) is 8. The van der Waals surface area contributed by atoms with Crippen LogP contribution < -0.4 is 4.74 Å². The molecule has 5 heterocycles. The number of carbonyl (C=O) groups is 1. The summed E-state index contributed by atoms with van der Waals surface area (Å²) in [5.74, 6) is 0.977. The SMILES string of the molecule is N#Cc1ccc(COc2cccc(C3CCN(Cc4nc5ccc(C(=O)O)cc5n4C[C@@H]4CCO4)CC3)n2)s1. The molecule has 2 fully saturated rings. The number of aromatic carboxylic acids is 1. The van der Waals surface area contributed by atoms with Gasteiger partial charge in [-0.1, -0.05) is 6.07 Å². The maximum Gasteiger partial charge on any atom is 0.335 e. The molecule has 0 aliphatic carbocycles. The molecule has 200 valence electrons. The minimum atomic E-state index is -0.934. The molecule has 0 bridgehead atoms. The Morgan fingerprint density at radius 2 is 2.00 bits per heavy atom. The first-order chi connectivity index (χ1) is 19.1. The molecule has 6 rings (SSSR count). The van der Waals surface area contributed by atoms with Gasteiger partial charge in [-0.3, -0.25) is 4.90 Å². The standard InChI is InChI=1S/C29H29N5O4S/c30-15-22-5-6-23(39-22)18-38-28-3-1-2-24(32-28)19-8-11-33(12-9-19)17-27-31-25-7-4-20(29(35)36)14-26(25)34(27)16-21-10-13-37-21/h1-7,14,19,21H,8-13,16-18H2,(H,35,36)/t21-/m0/s1. The Morgan fingerprint density at radius 1 is 1.15 bits per heavy atom. The molecule has 0 radical (unpaired) electrons. The number of ether oxygens (including phenoxy) is 2.